The Bertz CT molecular complexity index is 2800. The fraction of sp³-hybridized carbons (Fsp3) is 0.410. The van der Waals surface area contributed by atoms with Crippen LogP contribution in [0.25, 0.3) is 0 Å². The molecule has 9 rings (SSSR count). The highest BCUT2D eigenvalue weighted by atomic mass is 35.5. The Balaban J connectivity index is 0.000000204. The van der Waals surface area contributed by atoms with E-state index in [0.717, 1.165) is 127 Å². The van der Waals surface area contributed by atoms with Crippen molar-refractivity contribution in [2.24, 2.45) is 5.92 Å². The summed E-state index contributed by atoms with van der Waals surface area (Å²) in [4.78, 5) is 46.6. The molecule has 0 amide bonds. The van der Waals surface area contributed by atoms with E-state index in [0.29, 0.717) is 40.7 Å². The molecule has 408 valence electrons. The number of halogens is 4. The Labute approximate surface area is 463 Å². The molecule has 1 aliphatic carbocycles. The van der Waals surface area contributed by atoms with Crippen LogP contribution in [0.5, 0.6) is 0 Å². The molecule has 1 saturated carbocycles. The number of pyridine rings is 2. The number of benzene rings is 4. The van der Waals surface area contributed by atoms with Gasteiger partial charge >= 0.3 is 11.9 Å². The van der Waals surface area contributed by atoms with E-state index < -0.39 is 0 Å². The first-order valence-electron chi connectivity index (χ1n) is 27.1. The normalized spacial score (nSPS) is 15.1. The molecule has 0 radical (unpaired) electrons. The standard InChI is InChI=1S/C31H36ClFN4O2.C30H36ClFN4O2/c1-2-35(21-27-28(32)6-3-7-29(27)33)19-23-8-10-24(11-9-23)20-36-15-17-37(18-16-36)30-26(5-4-14-34-30)22-39-31(38)25-12-13-25;1-3-29(37)38-22-25-7-6-14-33-30(25)36-17-15-35(16-18-36)20-24-12-10-23(11-13-24)19-34(4-2)21-26-27(31)8-5-9-28(26)32/h3-11,14,25H,2,12-13,15-22H2,1H3;5-14H,3-4,15-22H2,1-2H3. The van der Waals surface area contributed by atoms with Crippen molar-refractivity contribution >= 4 is 46.8 Å². The molecule has 6 aromatic rings. The number of piperazine rings is 2. The predicted molar refractivity (Wildman–Crippen MR) is 301 cm³/mol. The van der Waals surface area contributed by atoms with Gasteiger partial charge in [0.25, 0.3) is 0 Å². The second-order valence-electron chi connectivity index (χ2n) is 20.0. The zero-order valence-electron chi connectivity index (χ0n) is 44.7. The lowest BCUT2D eigenvalue weighted by Crippen LogP contribution is -2.46. The lowest BCUT2D eigenvalue weighted by atomic mass is 10.1. The zero-order chi connectivity index (χ0) is 54.1. The smallest absolute Gasteiger partial charge is 0.309 e. The van der Waals surface area contributed by atoms with Gasteiger partial charge in [-0.05, 0) is 84.6 Å². The Morgan fingerprint density at radius 3 is 1.35 bits per heavy atom. The summed E-state index contributed by atoms with van der Waals surface area (Å²) in [5, 5.41) is 0.943. The van der Waals surface area contributed by atoms with E-state index in [-0.39, 0.29) is 42.7 Å². The predicted octanol–water partition coefficient (Wildman–Crippen LogP) is 11.3. The van der Waals surface area contributed by atoms with Gasteiger partial charge in [-0.3, -0.25) is 29.2 Å². The van der Waals surface area contributed by atoms with E-state index in [1.165, 1.54) is 34.4 Å². The van der Waals surface area contributed by atoms with E-state index in [9.17, 15) is 18.4 Å². The van der Waals surface area contributed by atoms with Gasteiger partial charge in [0.15, 0.2) is 0 Å². The van der Waals surface area contributed by atoms with Crippen LogP contribution in [0.1, 0.15) is 84.5 Å². The van der Waals surface area contributed by atoms with Crippen molar-refractivity contribution in [3.8, 4) is 0 Å². The van der Waals surface area contributed by atoms with Crippen LogP contribution in [0.4, 0.5) is 20.4 Å². The maximum atomic E-state index is 14.3. The van der Waals surface area contributed by atoms with Crippen molar-refractivity contribution in [1.82, 2.24) is 29.6 Å². The van der Waals surface area contributed by atoms with Crippen LogP contribution in [0.15, 0.2) is 122 Å². The van der Waals surface area contributed by atoms with Crippen LogP contribution in [-0.4, -0.2) is 107 Å². The van der Waals surface area contributed by atoms with Crippen molar-refractivity contribution in [1.29, 1.82) is 0 Å². The van der Waals surface area contributed by atoms with E-state index >= 15 is 0 Å². The third kappa shape index (κ3) is 16.8. The summed E-state index contributed by atoms with van der Waals surface area (Å²) in [6.45, 7) is 19.5. The number of rotatable bonds is 22. The first-order chi connectivity index (χ1) is 37.5. The first-order valence-corrected chi connectivity index (χ1v) is 27.8. The molecule has 2 aliphatic heterocycles. The summed E-state index contributed by atoms with van der Waals surface area (Å²) < 4.78 is 39.4. The SMILES string of the molecule is CCC(=O)OCc1cccnc1N1CCN(Cc2ccc(CN(CC)Cc3c(F)cccc3Cl)cc2)CC1.CCN(Cc1ccc(CN2CCN(c3ncccc3COC(=O)C3CC3)CC2)cc1)Cc1c(F)cccc1Cl. The molecular weight excluding hydrogens is 1020 g/mol. The Hall–Kier alpha value is -6.00. The van der Waals surface area contributed by atoms with Gasteiger partial charge in [-0.1, -0.05) is 117 Å². The molecule has 0 unspecified atom stereocenters. The second-order valence-corrected chi connectivity index (χ2v) is 20.8. The molecule has 0 spiro atoms. The zero-order valence-corrected chi connectivity index (χ0v) is 46.2. The van der Waals surface area contributed by atoms with Crippen LogP contribution < -0.4 is 9.80 Å². The van der Waals surface area contributed by atoms with Gasteiger partial charge in [-0.25, -0.2) is 18.7 Å². The van der Waals surface area contributed by atoms with Crippen molar-refractivity contribution in [3.63, 3.8) is 0 Å². The second kappa shape index (κ2) is 28.6. The first kappa shape index (κ1) is 57.2. The molecule has 2 aromatic heterocycles. The molecule has 0 bridgehead atoms. The molecule has 4 aromatic carbocycles. The van der Waals surface area contributed by atoms with Crippen LogP contribution >= 0.6 is 23.2 Å². The van der Waals surface area contributed by atoms with Crippen molar-refractivity contribution in [3.05, 3.63) is 188 Å². The van der Waals surface area contributed by atoms with E-state index in [4.69, 9.17) is 32.7 Å². The number of hydrogen-bond acceptors (Lipinski definition) is 12. The van der Waals surface area contributed by atoms with E-state index in [1.54, 1.807) is 43.6 Å². The number of carbonyl (C=O) groups excluding carboxylic acids is 2. The molecule has 2 saturated heterocycles. The number of hydrogen-bond donors (Lipinski definition) is 0. The van der Waals surface area contributed by atoms with E-state index in [1.807, 2.05) is 24.3 Å². The number of aromatic nitrogens is 2. The number of nitrogens with zero attached hydrogens (tertiary/aromatic N) is 8. The lowest BCUT2D eigenvalue weighted by molar-refractivity contribution is -0.146. The van der Waals surface area contributed by atoms with Gasteiger partial charge < -0.3 is 19.3 Å². The number of anilines is 2. The molecule has 3 aliphatic rings. The fourth-order valence-corrected chi connectivity index (χ4v) is 10.1. The van der Waals surface area contributed by atoms with Crippen molar-refractivity contribution < 1.29 is 27.8 Å². The highest BCUT2D eigenvalue weighted by Gasteiger charge is 2.32. The van der Waals surface area contributed by atoms with Crippen LogP contribution in [0.3, 0.4) is 0 Å². The highest BCUT2D eigenvalue weighted by Crippen LogP contribution is 2.31. The number of esters is 2. The Morgan fingerprint density at radius 2 is 0.961 bits per heavy atom. The van der Waals surface area contributed by atoms with Crippen LogP contribution in [0.2, 0.25) is 10.0 Å². The minimum Gasteiger partial charge on any atom is -0.461 e. The maximum Gasteiger partial charge on any atom is 0.309 e. The number of carbonyl (C=O) groups is 2. The third-order valence-electron chi connectivity index (χ3n) is 14.5. The van der Waals surface area contributed by atoms with Gasteiger partial charge in [0.05, 0.1) is 5.92 Å². The van der Waals surface area contributed by atoms with E-state index in [2.05, 4.69) is 102 Å². The molecule has 0 N–H and O–H groups in total. The molecule has 12 nitrogen and oxygen atoms in total. The van der Waals surface area contributed by atoms with Gasteiger partial charge in [-0.15, -0.1) is 0 Å². The highest BCUT2D eigenvalue weighted by molar-refractivity contribution is 6.31. The van der Waals surface area contributed by atoms with Gasteiger partial charge in [0.1, 0.15) is 36.5 Å². The minimum absolute atomic E-state index is 0.0856. The topological polar surface area (TPSA) is 97.8 Å². The summed E-state index contributed by atoms with van der Waals surface area (Å²) in [5.74, 6) is 1.12. The monoisotopic (exact) mass is 1090 g/mol. The third-order valence-corrected chi connectivity index (χ3v) is 15.2. The molecule has 4 heterocycles. The summed E-state index contributed by atoms with van der Waals surface area (Å²) in [6, 6.07) is 34.9. The summed E-state index contributed by atoms with van der Waals surface area (Å²) in [7, 11) is 0. The molecule has 0 atom stereocenters. The number of ether oxygens (including phenoxy) is 2. The molecule has 3 fully saturated rings. The maximum absolute atomic E-state index is 14.3. The summed E-state index contributed by atoms with van der Waals surface area (Å²) in [5.41, 5.74) is 7.94. The minimum atomic E-state index is -0.259. The largest absolute Gasteiger partial charge is 0.461 e. The van der Waals surface area contributed by atoms with Gasteiger partial charge in [-0.2, -0.15) is 0 Å². The molecule has 16 heteroatoms. The Morgan fingerprint density at radius 1 is 0.545 bits per heavy atom. The summed E-state index contributed by atoms with van der Waals surface area (Å²) >= 11 is 12.5. The lowest BCUT2D eigenvalue weighted by Gasteiger charge is -2.36. The Kier molecular flexibility index (Phi) is 21.2. The average molecular weight is 1090 g/mol. The van der Waals surface area contributed by atoms with Gasteiger partial charge in [0, 0.05) is 143 Å². The fourth-order valence-electron chi connectivity index (χ4n) is 9.64. The summed E-state index contributed by atoms with van der Waals surface area (Å²) in [6.07, 6.45) is 5.87. The molecule has 77 heavy (non-hydrogen) atoms. The van der Waals surface area contributed by atoms with Gasteiger partial charge in [0.2, 0.25) is 0 Å². The van der Waals surface area contributed by atoms with Crippen LogP contribution in [0, 0.1) is 17.6 Å². The van der Waals surface area contributed by atoms with Crippen LogP contribution in [-0.2, 0) is 71.5 Å². The quantitative estimate of drug-likeness (QED) is 0.0606. The van der Waals surface area contributed by atoms with Crippen molar-refractivity contribution in [2.75, 3.05) is 75.2 Å². The van der Waals surface area contributed by atoms with Crippen molar-refractivity contribution in [2.45, 2.75) is 92.5 Å². The average Bonchev–Trinajstić information content (AvgIpc) is 4.31. The molecular formula is C61H72Cl2F2N8O4.